The zero-order chi connectivity index (χ0) is 20.5. The number of halogens is 1. The number of aryl methyl sites for hydroxylation is 2. The molecular formula is C23H24FN3O2. The number of fused-ring (bicyclic) bond motifs is 2. The maximum atomic E-state index is 14.3. The average molecular weight is 393 g/mol. The predicted molar refractivity (Wildman–Crippen MR) is 113 cm³/mol. The Morgan fingerprint density at radius 1 is 1.21 bits per heavy atom. The molecular weight excluding hydrogens is 369 g/mol. The molecule has 2 N–H and O–H groups in total. The fourth-order valence-corrected chi connectivity index (χ4v) is 3.89. The number of rotatable bonds is 4. The summed E-state index contributed by atoms with van der Waals surface area (Å²) in [6.45, 7) is 5.11. The van der Waals surface area contributed by atoms with Crippen LogP contribution in [0.1, 0.15) is 29.3 Å². The number of nitrogens with one attached hydrogen (secondary N) is 2. The van der Waals surface area contributed by atoms with Crippen LogP contribution in [0.5, 0.6) is 0 Å². The van der Waals surface area contributed by atoms with Gasteiger partial charge in [-0.1, -0.05) is 25.1 Å². The Kier molecular flexibility index (Phi) is 5.20. The lowest BCUT2D eigenvalue weighted by Crippen LogP contribution is -2.39. The highest BCUT2D eigenvalue weighted by Gasteiger charge is 2.24. The van der Waals surface area contributed by atoms with E-state index in [1.54, 1.807) is 6.07 Å². The van der Waals surface area contributed by atoms with Crippen LogP contribution in [0.15, 0.2) is 41.2 Å². The molecule has 0 radical (unpaired) electrons. The van der Waals surface area contributed by atoms with Crippen LogP contribution in [-0.4, -0.2) is 28.9 Å². The standard InChI is InChI=1S/C23H24FN3O2/c1-3-15-5-7-16(8-6-15)25-20(28)13-27-11-10-19-17(12-27)23(29)21-18(24)9-4-14(2)22(21)26-19/h4-9H,3,10-13H2,1-2H3,(H,25,28)(H,26,29). The van der Waals surface area contributed by atoms with Crippen molar-refractivity contribution < 1.29 is 9.18 Å². The molecule has 0 atom stereocenters. The molecule has 0 saturated carbocycles. The molecule has 1 amide bonds. The minimum absolute atomic E-state index is 0.103. The highest BCUT2D eigenvalue weighted by molar-refractivity contribution is 5.92. The van der Waals surface area contributed by atoms with Gasteiger partial charge in [0.2, 0.25) is 5.91 Å². The van der Waals surface area contributed by atoms with Crippen LogP contribution >= 0.6 is 0 Å². The third-order valence-corrected chi connectivity index (χ3v) is 5.58. The summed E-state index contributed by atoms with van der Waals surface area (Å²) < 4.78 is 14.3. The molecule has 1 aliphatic heterocycles. The second-order valence-corrected chi connectivity index (χ2v) is 7.58. The van der Waals surface area contributed by atoms with E-state index in [0.29, 0.717) is 30.6 Å². The molecule has 0 spiro atoms. The van der Waals surface area contributed by atoms with E-state index >= 15 is 0 Å². The first-order chi connectivity index (χ1) is 14.0. The summed E-state index contributed by atoms with van der Waals surface area (Å²) in [5, 5.41) is 3.00. The smallest absolute Gasteiger partial charge is 0.238 e. The summed E-state index contributed by atoms with van der Waals surface area (Å²) in [7, 11) is 0. The van der Waals surface area contributed by atoms with Crippen LogP contribution in [0.3, 0.4) is 0 Å². The van der Waals surface area contributed by atoms with E-state index in [0.717, 1.165) is 23.4 Å². The fourth-order valence-electron chi connectivity index (χ4n) is 3.89. The monoisotopic (exact) mass is 393 g/mol. The normalized spacial score (nSPS) is 14.0. The van der Waals surface area contributed by atoms with Crippen LogP contribution in [0.4, 0.5) is 10.1 Å². The molecule has 0 fully saturated rings. The van der Waals surface area contributed by atoms with Crippen LogP contribution in [0.25, 0.3) is 10.9 Å². The van der Waals surface area contributed by atoms with Gasteiger partial charge in [-0.05, 0) is 42.7 Å². The van der Waals surface area contributed by atoms with E-state index in [2.05, 4.69) is 17.2 Å². The molecule has 0 unspecified atom stereocenters. The van der Waals surface area contributed by atoms with Crippen LogP contribution < -0.4 is 10.7 Å². The first-order valence-corrected chi connectivity index (χ1v) is 9.90. The minimum Gasteiger partial charge on any atom is -0.358 e. The topological polar surface area (TPSA) is 65.2 Å². The van der Waals surface area contributed by atoms with Gasteiger partial charge in [-0.25, -0.2) is 4.39 Å². The molecule has 29 heavy (non-hydrogen) atoms. The third kappa shape index (κ3) is 3.80. The fraction of sp³-hybridized carbons (Fsp3) is 0.304. The summed E-state index contributed by atoms with van der Waals surface area (Å²) >= 11 is 0. The number of pyridine rings is 1. The Bertz CT molecular complexity index is 1140. The van der Waals surface area contributed by atoms with Gasteiger partial charge in [-0.15, -0.1) is 0 Å². The zero-order valence-corrected chi connectivity index (χ0v) is 16.6. The molecule has 0 bridgehead atoms. The molecule has 2 aromatic carbocycles. The van der Waals surface area contributed by atoms with Crippen molar-refractivity contribution >= 4 is 22.5 Å². The average Bonchev–Trinajstić information content (AvgIpc) is 2.71. The van der Waals surface area contributed by atoms with E-state index in [-0.39, 0.29) is 23.3 Å². The first kappa shape index (κ1) is 19.3. The second-order valence-electron chi connectivity index (χ2n) is 7.58. The van der Waals surface area contributed by atoms with Gasteiger partial charge in [0.05, 0.1) is 17.4 Å². The number of nitrogens with zero attached hydrogens (tertiary/aromatic N) is 1. The van der Waals surface area contributed by atoms with Crippen LogP contribution in [0.2, 0.25) is 0 Å². The van der Waals surface area contributed by atoms with Crippen molar-refractivity contribution in [3.63, 3.8) is 0 Å². The van der Waals surface area contributed by atoms with Crippen molar-refractivity contribution in [2.24, 2.45) is 0 Å². The number of benzene rings is 2. The van der Waals surface area contributed by atoms with Gasteiger partial charge < -0.3 is 10.3 Å². The zero-order valence-electron chi connectivity index (χ0n) is 16.6. The van der Waals surface area contributed by atoms with Crippen LogP contribution in [0, 0.1) is 12.7 Å². The molecule has 0 aliphatic carbocycles. The Balaban J connectivity index is 1.52. The summed E-state index contributed by atoms with van der Waals surface area (Å²) in [6.07, 6.45) is 1.57. The van der Waals surface area contributed by atoms with E-state index in [1.165, 1.54) is 11.6 Å². The maximum absolute atomic E-state index is 14.3. The number of H-pyrrole nitrogens is 1. The largest absolute Gasteiger partial charge is 0.358 e. The summed E-state index contributed by atoms with van der Waals surface area (Å²) in [5.41, 5.74) is 4.48. The number of amides is 1. The molecule has 1 aliphatic rings. The predicted octanol–water partition coefficient (Wildman–Crippen LogP) is 3.53. The van der Waals surface area contributed by atoms with Crippen molar-refractivity contribution in [3.8, 4) is 0 Å². The number of aromatic nitrogens is 1. The summed E-state index contributed by atoms with van der Waals surface area (Å²) in [5.74, 6) is -0.642. The molecule has 6 heteroatoms. The lowest BCUT2D eigenvalue weighted by Gasteiger charge is -2.28. The SMILES string of the molecule is CCc1ccc(NC(=O)CN2CCc3[nH]c4c(C)ccc(F)c4c(=O)c3C2)cc1. The molecule has 2 heterocycles. The Morgan fingerprint density at radius 2 is 1.97 bits per heavy atom. The highest BCUT2D eigenvalue weighted by atomic mass is 19.1. The molecule has 150 valence electrons. The molecule has 0 saturated heterocycles. The summed E-state index contributed by atoms with van der Waals surface area (Å²) in [6, 6.07) is 10.8. The van der Waals surface area contributed by atoms with Gasteiger partial charge in [0.25, 0.3) is 0 Å². The number of anilines is 1. The van der Waals surface area contributed by atoms with Gasteiger partial charge in [0, 0.05) is 36.5 Å². The van der Waals surface area contributed by atoms with E-state index in [9.17, 15) is 14.0 Å². The molecule has 1 aromatic heterocycles. The summed E-state index contributed by atoms with van der Waals surface area (Å²) in [4.78, 5) is 30.6. The van der Waals surface area contributed by atoms with Crippen molar-refractivity contribution in [2.75, 3.05) is 18.4 Å². The quantitative estimate of drug-likeness (QED) is 0.713. The number of hydrogen-bond acceptors (Lipinski definition) is 3. The van der Waals surface area contributed by atoms with Gasteiger partial charge in [0.1, 0.15) is 5.82 Å². The lowest BCUT2D eigenvalue weighted by molar-refractivity contribution is -0.117. The Labute approximate surface area is 168 Å². The lowest BCUT2D eigenvalue weighted by atomic mass is 10.0. The number of hydrogen-bond donors (Lipinski definition) is 2. The van der Waals surface area contributed by atoms with Gasteiger partial charge in [0.15, 0.2) is 5.43 Å². The number of aromatic amines is 1. The van der Waals surface area contributed by atoms with E-state index in [4.69, 9.17) is 0 Å². The van der Waals surface area contributed by atoms with Crippen molar-refractivity contribution in [1.29, 1.82) is 0 Å². The first-order valence-electron chi connectivity index (χ1n) is 9.90. The third-order valence-electron chi connectivity index (χ3n) is 5.58. The Hall–Kier alpha value is -2.99. The molecule has 3 aromatic rings. The highest BCUT2D eigenvalue weighted by Crippen LogP contribution is 2.22. The van der Waals surface area contributed by atoms with Crippen LogP contribution in [-0.2, 0) is 24.2 Å². The van der Waals surface area contributed by atoms with Gasteiger partial charge in [-0.3, -0.25) is 14.5 Å². The maximum Gasteiger partial charge on any atom is 0.238 e. The van der Waals surface area contributed by atoms with Crippen molar-refractivity contribution in [2.45, 2.75) is 33.2 Å². The molecule has 4 rings (SSSR count). The Morgan fingerprint density at radius 3 is 2.69 bits per heavy atom. The van der Waals surface area contributed by atoms with Crippen molar-refractivity contribution in [1.82, 2.24) is 9.88 Å². The van der Waals surface area contributed by atoms with Gasteiger partial charge in [-0.2, -0.15) is 0 Å². The van der Waals surface area contributed by atoms with E-state index in [1.807, 2.05) is 36.1 Å². The van der Waals surface area contributed by atoms with Crippen molar-refractivity contribution in [3.05, 3.63) is 74.8 Å². The number of carbonyl (C=O) groups is 1. The second kappa shape index (κ2) is 7.79. The van der Waals surface area contributed by atoms with Gasteiger partial charge >= 0.3 is 0 Å². The molecule has 5 nitrogen and oxygen atoms in total. The minimum atomic E-state index is -0.514. The number of carbonyl (C=O) groups excluding carboxylic acids is 1. The van der Waals surface area contributed by atoms with E-state index < -0.39 is 5.82 Å².